The lowest BCUT2D eigenvalue weighted by Crippen LogP contribution is -2.34. The van der Waals surface area contributed by atoms with Crippen LogP contribution in [0, 0.1) is 0 Å². The van der Waals surface area contributed by atoms with Gasteiger partial charge in [0.15, 0.2) is 5.82 Å². The fourth-order valence-corrected chi connectivity index (χ4v) is 3.08. The molecule has 0 spiro atoms. The fraction of sp³-hybridized carbons (Fsp3) is 0.286. The summed E-state index contributed by atoms with van der Waals surface area (Å²) >= 11 is 0. The van der Waals surface area contributed by atoms with E-state index in [9.17, 15) is 4.79 Å². The van der Waals surface area contributed by atoms with Gasteiger partial charge in [-0.05, 0) is 18.2 Å². The second-order valence-corrected chi connectivity index (χ2v) is 7.76. The van der Waals surface area contributed by atoms with E-state index in [-0.39, 0.29) is 17.5 Å². The average molecular weight is 377 g/mol. The monoisotopic (exact) mass is 377 g/mol. The van der Waals surface area contributed by atoms with Crippen LogP contribution in [0.25, 0.3) is 5.82 Å². The molecule has 3 aromatic rings. The molecule has 1 aliphatic heterocycles. The average Bonchev–Trinajstić information content (AvgIpc) is 3.27. The number of carbonyl (C=O) groups excluding carboxylic acids is 1. The fourth-order valence-electron chi connectivity index (χ4n) is 3.08. The Labute approximate surface area is 163 Å². The van der Waals surface area contributed by atoms with E-state index < -0.39 is 0 Å². The van der Waals surface area contributed by atoms with Crippen molar-refractivity contribution in [2.75, 3.05) is 11.9 Å². The van der Waals surface area contributed by atoms with Crippen LogP contribution < -0.4 is 15.4 Å². The first-order valence-corrected chi connectivity index (χ1v) is 9.23. The Bertz CT molecular complexity index is 992. The maximum atomic E-state index is 12.7. The van der Waals surface area contributed by atoms with Crippen LogP contribution in [-0.2, 0) is 5.41 Å². The zero-order valence-corrected chi connectivity index (χ0v) is 16.1. The van der Waals surface area contributed by atoms with E-state index in [0.29, 0.717) is 18.2 Å². The minimum Gasteiger partial charge on any atom is -0.491 e. The van der Waals surface area contributed by atoms with Gasteiger partial charge in [-0.2, -0.15) is 9.78 Å². The normalized spacial score (nSPS) is 15.6. The highest BCUT2D eigenvalue weighted by Gasteiger charge is 2.26. The largest absolute Gasteiger partial charge is 0.491 e. The Kier molecular flexibility index (Phi) is 4.50. The third kappa shape index (κ3) is 3.55. The van der Waals surface area contributed by atoms with Crippen LogP contribution in [0.5, 0.6) is 5.75 Å². The van der Waals surface area contributed by atoms with Crippen LogP contribution >= 0.6 is 0 Å². The van der Waals surface area contributed by atoms with Crippen LogP contribution in [0.15, 0.2) is 54.7 Å². The molecule has 0 fully saturated rings. The molecule has 2 amide bonds. The van der Waals surface area contributed by atoms with Crippen molar-refractivity contribution in [2.45, 2.75) is 32.2 Å². The van der Waals surface area contributed by atoms with Crippen molar-refractivity contribution in [1.82, 2.24) is 20.1 Å². The van der Waals surface area contributed by atoms with Crippen molar-refractivity contribution in [3.05, 3.63) is 66.0 Å². The molecule has 1 unspecified atom stereocenters. The molecule has 0 aliphatic carbocycles. The summed E-state index contributed by atoms with van der Waals surface area (Å²) in [5.74, 6) is 2.01. The highest BCUT2D eigenvalue weighted by molar-refractivity contribution is 5.89. The Balaban J connectivity index is 1.57. The van der Waals surface area contributed by atoms with Crippen molar-refractivity contribution in [1.29, 1.82) is 0 Å². The van der Waals surface area contributed by atoms with Gasteiger partial charge < -0.3 is 10.1 Å². The Hall–Kier alpha value is -3.35. The van der Waals surface area contributed by atoms with Crippen LogP contribution in [0.3, 0.4) is 0 Å². The molecule has 3 heterocycles. The summed E-state index contributed by atoms with van der Waals surface area (Å²) < 4.78 is 7.29. The zero-order valence-electron chi connectivity index (χ0n) is 16.1. The number of amides is 2. The predicted molar refractivity (Wildman–Crippen MR) is 107 cm³/mol. The van der Waals surface area contributed by atoms with Crippen LogP contribution in [-0.4, -0.2) is 27.4 Å². The highest BCUT2D eigenvalue weighted by atomic mass is 16.5. The van der Waals surface area contributed by atoms with E-state index in [1.807, 2.05) is 48.5 Å². The maximum absolute atomic E-state index is 12.7. The van der Waals surface area contributed by atoms with Gasteiger partial charge in [-0.25, -0.2) is 9.78 Å². The summed E-state index contributed by atoms with van der Waals surface area (Å²) in [5.41, 5.74) is 1.68. The molecule has 144 valence electrons. The minimum absolute atomic E-state index is 0.162. The van der Waals surface area contributed by atoms with Gasteiger partial charge in [-0.3, -0.25) is 5.32 Å². The lowest BCUT2D eigenvalue weighted by Gasteiger charge is -2.13. The molecule has 1 atom stereocenters. The van der Waals surface area contributed by atoms with Crippen LogP contribution in [0.2, 0.25) is 0 Å². The number of nitrogens with zero attached hydrogens (tertiary/aromatic N) is 3. The van der Waals surface area contributed by atoms with Crippen molar-refractivity contribution < 1.29 is 9.53 Å². The number of hydrogen-bond donors (Lipinski definition) is 2. The number of anilines is 1. The summed E-state index contributed by atoms with van der Waals surface area (Å²) in [6.07, 6.45) is 1.70. The Morgan fingerprint density at radius 1 is 1.18 bits per heavy atom. The second-order valence-electron chi connectivity index (χ2n) is 7.76. The van der Waals surface area contributed by atoms with Crippen LogP contribution in [0.4, 0.5) is 10.6 Å². The number of pyridine rings is 1. The van der Waals surface area contributed by atoms with Gasteiger partial charge in [0.2, 0.25) is 0 Å². The van der Waals surface area contributed by atoms with Crippen molar-refractivity contribution in [3.63, 3.8) is 0 Å². The van der Waals surface area contributed by atoms with Gasteiger partial charge in [0.25, 0.3) is 0 Å². The van der Waals surface area contributed by atoms with Gasteiger partial charge in [0, 0.05) is 23.2 Å². The van der Waals surface area contributed by atoms with Crippen molar-refractivity contribution in [2.24, 2.45) is 0 Å². The first kappa shape index (κ1) is 18.0. The van der Waals surface area contributed by atoms with Crippen molar-refractivity contribution >= 4 is 11.8 Å². The number of benzene rings is 1. The van der Waals surface area contributed by atoms with Gasteiger partial charge >= 0.3 is 6.03 Å². The molecule has 0 saturated carbocycles. The van der Waals surface area contributed by atoms with Gasteiger partial charge in [-0.15, -0.1) is 0 Å². The topological polar surface area (TPSA) is 81.1 Å². The van der Waals surface area contributed by atoms with Gasteiger partial charge in [0.1, 0.15) is 18.2 Å². The lowest BCUT2D eigenvalue weighted by molar-refractivity contribution is 0.243. The van der Waals surface area contributed by atoms with Crippen LogP contribution in [0.1, 0.15) is 38.1 Å². The summed E-state index contributed by atoms with van der Waals surface area (Å²) in [6.45, 7) is 6.65. The number of para-hydroxylation sites is 1. The highest BCUT2D eigenvalue weighted by Crippen LogP contribution is 2.32. The molecule has 7 heteroatoms. The Morgan fingerprint density at radius 3 is 2.71 bits per heavy atom. The summed E-state index contributed by atoms with van der Waals surface area (Å²) in [7, 11) is 0. The number of carbonyl (C=O) groups is 1. The molecular weight excluding hydrogens is 354 g/mol. The van der Waals surface area contributed by atoms with Gasteiger partial charge in [-0.1, -0.05) is 45.0 Å². The first-order chi connectivity index (χ1) is 13.4. The molecular formula is C21H23N5O2. The van der Waals surface area contributed by atoms with E-state index in [0.717, 1.165) is 17.0 Å². The molecule has 1 aliphatic rings. The second kappa shape index (κ2) is 6.99. The molecule has 2 N–H and O–H groups in total. The number of rotatable bonds is 3. The number of nitrogens with one attached hydrogen (secondary N) is 2. The molecule has 0 radical (unpaired) electrons. The van der Waals surface area contributed by atoms with E-state index >= 15 is 0 Å². The van der Waals surface area contributed by atoms with E-state index in [2.05, 4.69) is 41.5 Å². The minimum atomic E-state index is -0.317. The number of ether oxygens (including phenoxy) is 1. The lowest BCUT2D eigenvalue weighted by atomic mass is 9.92. The molecule has 0 saturated heterocycles. The van der Waals surface area contributed by atoms with E-state index in [1.54, 1.807) is 10.9 Å². The molecule has 0 bridgehead atoms. The molecule has 28 heavy (non-hydrogen) atoms. The van der Waals surface area contributed by atoms with E-state index in [1.165, 1.54) is 0 Å². The summed E-state index contributed by atoms with van der Waals surface area (Å²) in [6, 6.07) is 14.7. The number of hydrogen-bond acceptors (Lipinski definition) is 4. The first-order valence-electron chi connectivity index (χ1n) is 9.23. The Morgan fingerprint density at radius 2 is 1.96 bits per heavy atom. The summed E-state index contributed by atoms with van der Waals surface area (Å²) in [5, 5.41) is 10.5. The molecule has 1 aromatic carbocycles. The van der Waals surface area contributed by atoms with E-state index in [4.69, 9.17) is 4.74 Å². The smallest absolute Gasteiger partial charge is 0.321 e. The van der Waals surface area contributed by atoms with Crippen molar-refractivity contribution in [3.8, 4) is 11.6 Å². The quantitative estimate of drug-likeness (QED) is 0.727. The zero-order chi connectivity index (χ0) is 19.7. The molecule has 7 nitrogen and oxygen atoms in total. The van der Waals surface area contributed by atoms with Gasteiger partial charge in [0.05, 0.1) is 11.7 Å². The third-order valence-corrected chi connectivity index (χ3v) is 4.59. The SMILES string of the molecule is CC(C)(C)c1cc(NC(=O)NC2COc3ccccc32)n(-c2ccccn2)n1. The summed E-state index contributed by atoms with van der Waals surface area (Å²) in [4.78, 5) is 17.0. The predicted octanol–water partition coefficient (Wildman–Crippen LogP) is 3.82. The third-order valence-electron chi connectivity index (χ3n) is 4.59. The molecule has 4 rings (SSSR count). The standard InChI is InChI=1S/C21H23N5O2/c1-21(2,3)17-12-19(26(25-17)18-10-6-7-11-22-18)24-20(27)23-15-13-28-16-9-5-4-8-14(15)16/h4-12,15H,13H2,1-3H3,(H2,23,24,27). The molecule has 2 aromatic heterocycles. The number of fused-ring (bicyclic) bond motifs is 1. The number of urea groups is 1. The number of aromatic nitrogens is 3. The maximum Gasteiger partial charge on any atom is 0.321 e.